The van der Waals surface area contributed by atoms with Crippen molar-refractivity contribution in [1.82, 2.24) is 4.98 Å². The fraction of sp³-hybridized carbons (Fsp3) is 0.444. The summed E-state index contributed by atoms with van der Waals surface area (Å²) in [7, 11) is 0. The number of hydrogen-bond acceptors (Lipinski definition) is 2. The van der Waals surface area contributed by atoms with Gasteiger partial charge in [-0.1, -0.05) is 0 Å². The first-order valence-corrected chi connectivity index (χ1v) is 3.85. The minimum Gasteiger partial charge on any atom is -0.328 e. The molecule has 1 atom stereocenters. The third-order valence-electron chi connectivity index (χ3n) is 1.50. The SMILES string of the molecule is Cc1ccnc(CC(C)N)c1.Cl. The second-order valence-corrected chi connectivity index (χ2v) is 3.01. The van der Waals surface area contributed by atoms with Gasteiger partial charge in [-0.05, 0) is 31.5 Å². The zero-order valence-corrected chi connectivity index (χ0v) is 8.27. The van der Waals surface area contributed by atoms with Gasteiger partial charge in [0.2, 0.25) is 0 Å². The van der Waals surface area contributed by atoms with Crippen molar-refractivity contribution >= 4 is 12.4 Å². The lowest BCUT2D eigenvalue weighted by molar-refractivity contribution is 0.721. The minimum atomic E-state index is 0. The van der Waals surface area contributed by atoms with Crippen LogP contribution in [-0.2, 0) is 6.42 Å². The summed E-state index contributed by atoms with van der Waals surface area (Å²) >= 11 is 0. The quantitative estimate of drug-likeness (QED) is 0.764. The van der Waals surface area contributed by atoms with Crippen molar-refractivity contribution < 1.29 is 0 Å². The molecule has 0 aromatic carbocycles. The van der Waals surface area contributed by atoms with Crippen LogP contribution in [0.3, 0.4) is 0 Å². The molecule has 1 rings (SSSR count). The Morgan fingerprint density at radius 1 is 1.58 bits per heavy atom. The highest BCUT2D eigenvalue weighted by Crippen LogP contribution is 2.01. The molecule has 68 valence electrons. The average Bonchev–Trinajstić information content (AvgIpc) is 1.85. The van der Waals surface area contributed by atoms with E-state index in [1.807, 2.05) is 19.2 Å². The Morgan fingerprint density at radius 2 is 2.25 bits per heavy atom. The molecule has 1 aromatic rings. The zero-order valence-electron chi connectivity index (χ0n) is 7.45. The van der Waals surface area contributed by atoms with Gasteiger partial charge in [-0.3, -0.25) is 4.98 Å². The predicted molar refractivity (Wildman–Crippen MR) is 53.6 cm³/mol. The van der Waals surface area contributed by atoms with Crippen LogP contribution < -0.4 is 5.73 Å². The summed E-state index contributed by atoms with van der Waals surface area (Å²) in [5, 5.41) is 0. The molecule has 0 aliphatic carbocycles. The zero-order chi connectivity index (χ0) is 8.27. The molecule has 0 aliphatic heterocycles. The summed E-state index contributed by atoms with van der Waals surface area (Å²) in [6.07, 6.45) is 2.69. The van der Waals surface area contributed by atoms with E-state index in [1.165, 1.54) is 5.56 Å². The molecular formula is C9H15ClN2. The van der Waals surface area contributed by atoms with Gasteiger partial charge in [-0.2, -0.15) is 0 Å². The highest BCUT2D eigenvalue weighted by molar-refractivity contribution is 5.85. The lowest BCUT2D eigenvalue weighted by atomic mass is 10.1. The molecule has 0 aliphatic rings. The molecule has 12 heavy (non-hydrogen) atoms. The second-order valence-electron chi connectivity index (χ2n) is 3.01. The normalized spacial score (nSPS) is 11.9. The van der Waals surface area contributed by atoms with Crippen molar-refractivity contribution in [3.63, 3.8) is 0 Å². The summed E-state index contributed by atoms with van der Waals surface area (Å²) in [4.78, 5) is 4.20. The maximum atomic E-state index is 5.63. The highest BCUT2D eigenvalue weighted by Gasteiger charge is 1.97. The number of nitrogens with two attached hydrogens (primary N) is 1. The molecule has 0 saturated carbocycles. The van der Waals surface area contributed by atoms with Gasteiger partial charge < -0.3 is 5.73 Å². The van der Waals surface area contributed by atoms with E-state index in [0.717, 1.165) is 12.1 Å². The van der Waals surface area contributed by atoms with Crippen LogP contribution in [-0.4, -0.2) is 11.0 Å². The molecule has 0 saturated heterocycles. The Morgan fingerprint density at radius 3 is 2.75 bits per heavy atom. The monoisotopic (exact) mass is 186 g/mol. The summed E-state index contributed by atoms with van der Waals surface area (Å²) in [6.45, 7) is 4.05. The summed E-state index contributed by atoms with van der Waals surface area (Å²) in [5.41, 5.74) is 7.96. The highest BCUT2D eigenvalue weighted by atomic mass is 35.5. The first kappa shape index (κ1) is 11.4. The van der Waals surface area contributed by atoms with Crippen molar-refractivity contribution in [2.45, 2.75) is 26.3 Å². The summed E-state index contributed by atoms with van der Waals surface area (Å²) < 4.78 is 0. The van der Waals surface area contributed by atoms with Crippen LogP contribution in [0.5, 0.6) is 0 Å². The van der Waals surface area contributed by atoms with Crippen LogP contribution in [0, 0.1) is 6.92 Å². The van der Waals surface area contributed by atoms with Crippen LogP contribution in [0.4, 0.5) is 0 Å². The smallest absolute Gasteiger partial charge is 0.0421 e. The Balaban J connectivity index is 0.00000121. The lowest BCUT2D eigenvalue weighted by Gasteiger charge is -2.03. The van der Waals surface area contributed by atoms with E-state index in [2.05, 4.69) is 18.0 Å². The van der Waals surface area contributed by atoms with E-state index >= 15 is 0 Å². The predicted octanol–water partition coefficient (Wildman–Crippen LogP) is 1.70. The third kappa shape index (κ3) is 3.69. The molecular weight excluding hydrogens is 172 g/mol. The van der Waals surface area contributed by atoms with E-state index in [0.29, 0.717) is 0 Å². The fourth-order valence-electron chi connectivity index (χ4n) is 1.04. The molecule has 1 unspecified atom stereocenters. The number of halogens is 1. The van der Waals surface area contributed by atoms with Gasteiger partial charge in [0.25, 0.3) is 0 Å². The van der Waals surface area contributed by atoms with Crippen LogP contribution in [0.15, 0.2) is 18.3 Å². The van der Waals surface area contributed by atoms with Crippen molar-refractivity contribution in [2.24, 2.45) is 5.73 Å². The maximum Gasteiger partial charge on any atom is 0.0421 e. The van der Waals surface area contributed by atoms with Crippen LogP contribution in [0.1, 0.15) is 18.2 Å². The van der Waals surface area contributed by atoms with Gasteiger partial charge in [0.05, 0.1) is 0 Å². The molecule has 0 radical (unpaired) electrons. The van der Waals surface area contributed by atoms with Crippen LogP contribution in [0.2, 0.25) is 0 Å². The van der Waals surface area contributed by atoms with E-state index in [-0.39, 0.29) is 18.4 Å². The maximum absolute atomic E-state index is 5.63. The Hall–Kier alpha value is -0.600. The van der Waals surface area contributed by atoms with Gasteiger partial charge in [-0.25, -0.2) is 0 Å². The number of pyridine rings is 1. The van der Waals surface area contributed by atoms with Crippen molar-refractivity contribution in [1.29, 1.82) is 0 Å². The fourth-order valence-corrected chi connectivity index (χ4v) is 1.04. The largest absolute Gasteiger partial charge is 0.328 e. The van der Waals surface area contributed by atoms with Gasteiger partial charge in [0.1, 0.15) is 0 Å². The molecule has 2 N–H and O–H groups in total. The molecule has 0 fully saturated rings. The number of hydrogen-bond donors (Lipinski definition) is 1. The van der Waals surface area contributed by atoms with Crippen LogP contribution in [0.25, 0.3) is 0 Å². The number of aromatic nitrogens is 1. The second kappa shape index (κ2) is 5.12. The number of nitrogens with zero attached hydrogens (tertiary/aromatic N) is 1. The Kier molecular flexibility index (Phi) is 4.86. The topological polar surface area (TPSA) is 38.9 Å². The first-order chi connectivity index (χ1) is 5.18. The van der Waals surface area contributed by atoms with Gasteiger partial charge in [-0.15, -0.1) is 12.4 Å². The van der Waals surface area contributed by atoms with E-state index in [9.17, 15) is 0 Å². The average molecular weight is 187 g/mol. The third-order valence-corrected chi connectivity index (χ3v) is 1.50. The Bertz CT molecular complexity index is 236. The van der Waals surface area contributed by atoms with E-state index < -0.39 is 0 Å². The lowest BCUT2D eigenvalue weighted by Crippen LogP contribution is -2.18. The number of rotatable bonds is 2. The molecule has 0 bridgehead atoms. The van der Waals surface area contributed by atoms with Gasteiger partial charge in [0, 0.05) is 24.4 Å². The van der Waals surface area contributed by atoms with Crippen molar-refractivity contribution in [3.8, 4) is 0 Å². The standard InChI is InChI=1S/C9H14N2.ClH/c1-7-3-4-11-9(5-7)6-8(2)10;/h3-5,8H,6,10H2,1-2H3;1H. The van der Waals surface area contributed by atoms with E-state index in [4.69, 9.17) is 5.73 Å². The molecule has 1 aromatic heterocycles. The molecule has 2 nitrogen and oxygen atoms in total. The van der Waals surface area contributed by atoms with Crippen LogP contribution >= 0.6 is 12.4 Å². The molecule has 0 spiro atoms. The Labute approximate surface area is 79.6 Å². The molecule has 1 heterocycles. The summed E-state index contributed by atoms with van der Waals surface area (Å²) in [5.74, 6) is 0. The molecule has 0 amide bonds. The minimum absolute atomic E-state index is 0. The van der Waals surface area contributed by atoms with Gasteiger partial charge >= 0.3 is 0 Å². The van der Waals surface area contributed by atoms with Gasteiger partial charge in [0.15, 0.2) is 0 Å². The van der Waals surface area contributed by atoms with E-state index in [1.54, 1.807) is 0 Å². The van der Waals surface area contributed by atoms with Crippen molar-refractivity contribution in [2.75, 3.05) is 0 Å². The molecule has 3 heteroatoms. The number of aryl methyl sites for hydroxylation is 1. The first-order valence-electron chi connectivity index (χ1n) is 3.85. The van der Waals surface area contributed by atoms with Crippen molar-refractivity contribution in [3.05, 3.63) is 29.6 Å². The summed E-state index contributed by atoms with van der Waals surface area (Å²) in [6, 6.07) is 4.26.